The minimum atomic E-state index is -0.185. The van der Waals surface area contributed by atoms with Crippen LogP contribution in [0.3, 0.4) is 0 Å². The average molecular weight is 193 g/mol. The van der Waals surface area contributed by atoms with Gasteiger partial charge in [0, 0.05) is 12.6 Å². The van der Waals surface area contributed by atoms with Gasteiger partial charge in [-0.15, -0.1) is 0 Å². The van der Waals surface area contributed by atoms with Crippen LogP contribution in [0.1, 0.15) is 35.7 Å². The number of hydrogen-bond acceptors (Lipinski definition) is 2. The summed E-state index contributed by atoms with van der Waals surface area (Å²) < 4.78 is 0. The smallest absolute Gasteiger partial charge is 0.251 e. The van der Waals surface area contributed by atoms with E-state index in [4.69, 9.17) is 0 Å². The number of aromatic hydroxyl groups is 1. The highest BCUT2D eigenvalue weighted by Crippen LogP contribution is 2.25. The zero-order valence-corrected chi connectivity index (χ0v) is 8.66. The summed E-state index contributed by atoms with van der Waals surface area (Å²) in [5.41, 5.74) is 1.34. The van der Waals surface area contributed by atoms with E-state index in [1.54, 1.807) is 19.2 Å². The zero-order valence-electron chi connectivity index (χ0n) is 8.66. The largest absolute Gasteiger partial charge is 0.508 e. The van der Waals surface area contributed by atoms with Gasteiger partial charge < -0.3 is 10.4 Å². The number of benzene rings is 1. The molecule has 0 aliphatic carbocycles. The average Bonchev–Trinajstić information content (AvgIpc) is 2.15. The van der Waals surface area contributed by atoms with Crippen LogP contribution in [0.2, 0.25) is 0 Å². The van der Waals surface area contributed by atoms with Gasteiger partial charge >= 0.3 is 0 Å². The lowest BCUT2D eigenvalue weighted by molar-refractivity contribution is 0.0962. The highest BCUT2D eigenvalue weighted by atomic mass is 16.3. The highest BCUT2D eigenvalue weighted by Gasteiger charge is 2.09. The molecule has 2 N–H and O–H groups in total. The molecule has 0 aliphatic heterocycles. The lowest BCUT2D eigenvalue weighted by Gasteiger charge is -2.09. The van der Waals surface area contributed by atoms with Crippen molar-refractivity contribution in [2.75, 3.05) is 7.05 Å². The zero-order chi connectivity index (χ0) is 10.7. The van der Waals surface area contributed by atoms with Crippen molar-refractivity contribution in [1.29, 1.82) is 0 Å². The van der Waals surface area contributed by atoms with Gasteiger partial charge in [0.05, 0.1) is 0 Å². The Morgan fingerprint density at radius 1 is 1.43 bits per heavy atom. The summed E-state index contributed by atoms with van der Waals surface area (Å²) in [6.45, 7) is 3.99. The lowest BCUT2D eigenvalue weighted by atomic mass is 10.0. The summed E-state index contributed by atoms with van der Waals surface area (Å²) in [6.07, 6.45) is 0. The molecule has 3 nitrogen and oxygen atoms in total. The van der Waals surface area contributed by atoms with E-state index in [0.717, 1.165) is 5.56 Å². The van der Waals surface area contributed by atoms with Crippen molar-refractivity contribution in [3.63, 3.8) is 0 Å². The van der Waals surface area contributed by atoms with Gasteiger partial charge in [0.25, 0.3) is 5.91 Å². The predicted molar refractivity (Wildman–Crippen MR) is 55.6 cm³/mol. The van der Waals surface area contributed by atoms with E-state index in [2.05, 4.69) is 5.32 Å². The second kappa shape index (κ2) is 4.13. The standard InChI is InChI=1S/C11H15NO2/c1-7(2)9-5-4-8(6-10(9)13)11(14)12-3/h4-7,13H,1-3H3,(H,12,14). The van der Waals surface area contributed by atoms with Gasteiger partial charge in [-0.05, 0) is 23.6 Å². The Kier molecular flexibility index (Phi) is 3.12. The molecule has 14 heavy (non-hydrogen) atoms. The fourth-order valence-corrected chi connectivity index (χ4v) is 1.32. The van der Waals surface area contributed by atoms with Gasteiger partial charge in [0.15, 0.2) is 0 Å². The lowest BCUT2D eigenvalue weighted by Crippen LogP contribution is -2.17. The van der Waals surface area contributed by atoms with Gasteiger partial charge in [-0.25, -0.2) is 0 Å². The number of nitrogens with one attached hydrogen (secondary N) is 1. The van der Waals surface area contributed by atoms with Gasteiger partial charge in [0.2, 0.25) is 0 Å². The van der Waals surface area contributed by atoms with Crippen LogP contribution < -0.4 is 5.32 Å². The minimum absolute atomic E-state index is 0.182. The SMILES string of the molecule is CNC(=O)c1ccc(C(C)C)c(O)c1. The molecule has 0 spiro atoms. The van der Waals surface area contributed by atoms with E-state index in [-0.39, 0.29) is 17.6 Å². The Balaban J connectivity index is 3.06. The van der Waals surface area contributed by atoms with Crippen LogP contribution in [-0.2, 0) is 0 Å². The van der Waals surface area contributed by atoms with Crippen molar-refractivity contribution < 1.29 is 9.90 Å². The first-order valence-electron chi connectivity index (χ1n) is 4.61. The molecular formula is C11H15NO2. The number of rotatable bonds is 2. The molecule has 0 saturated heterocycles. The van der Waals surface area contributed by atoms with Crippen molar-refractivity contribution in [3.8, 4) is 5.75 Å². The second-order valence-electron chi connectivity index (χ2n) is 3.51. The summed E-state index contributed by atoms with van der Waals surface area (Å²) in [7, 11) is 1.57. The molecule has 0 atom stereocenters. The first-order valence-corrected chi connectivity index (χ1v) is 4.61. The van der Waals surface area contributed by atoms with E-state index in [9.17, 15) is 9.90 Å². The quantitative estimate of drug-likeness (QED) is 0.753. The van der Waals surface area contributed by atoms with Crippen molar-refractivity contribution in [2.24, 2.45) is 0 Å². The van der Waals surface area contributed by atoms with Crippen molar-refractivity contribution in [3.05, 3.63) is 29.3 Å². The molecule has 3 heteroatoms. The van der Waals surface area contributed by atoms with E-state index in [0.29, 0.717) is 5.56 Å². The van der Waals surface area contributed by atoms with E-state index < -0.39 is 0 Å². The van der Waals surface area contributed by atoms with E-state index >= 15 is 0 Å². The Morgan fingerprint density at radius 3 is 2.50 bits per heavy atom. The summed E-state index contributed by atoms with van der Waals surface area (Å²) >= 11 is 0. The molecule has 0 aromatic heterocycles. The molecule has 0 bridgehead atoms. The predicted octanol–water partition coefficient (Wildman–Crippen LogP) is 1.88. The molecule has 76 valence electrons. The molecule has 1 aromatic rings. The molecule has 0 heterocycles. The molecule has 1 rings (SSSR count). The number of phenolic OH excluding ortho intramolecular Hbond substituents is 1. The van der Waals surface area contributed by atoms with Crippen LogP contribution >= 0.6 is 0 Å². The molecule has 0 aliphatic rings. The molecular weight excluding hydrogens is 178 g/mol. The van der Waals surface area contributed by atoms with Gasteiger partial charge in [-0.3, -0.25) is 4.79 Å². The van der Waals surface area contributed by atoms with Crippen LogP contribution in [-0.4, -0.2) is 18.1 Å². The maximum Gasteiger partial charge on any atom is 0.251 e. The first kappa shape index (κ1) is 10.6. The highest BCUT2D eigenvalue weighted by molar-refractivity contribution is 5.94. The van der Waals surface area contributed by atoms with E-state index in [1.165, 1.54) is 6.07 Å². The third-order valence-electron chi connectivity index (χ3n) is 2.14. The van der Waals surface area contributed by atoms with Gasteiger partial charge in [-0.2, -0.15) is 0 Å². The number of hydrogen-bond donors (Lipinski definition) is 2. The molecule has 0 unspecified atom stereocenters. The molecule has 1 amide bonds. The molecule has 1 aromatic carbocycles. The first-order chi connectivity index (χ1) is 6.56. The maximum absolute atomic E-state index is 11.2. The van der Waals surface area contributed by atoms with Crippen LogP contribution in [0.4, 0.5) is 0 Å². The topological polar surface area (TPSA) is 49.3 Å². The number of carbonyl (C=O) groups is 1. The van der Waals surface area contributed by atoms with Crippen LogP contribution in [0.25, 0.3) is 0 Å². The van der Waals surface area contributed by atoms with Crippen molar-refractivity contribution in [1.82, 2.24) is 5.32 Å². The second-order valence-corrected chi connectivity index (χ2v) is 3.51. The Morgan fingerprint density at radius 2 is 2.07 bits per heavy atom. The third kappa shape index (κ3) is 2.05. The Hall–Kier alpha value is -1.51. The van der Waals surface area contributed by atoms with Crippen molar-refractivity contribution >= 4 is 5.91 Å². The summed E-state index contributed by atoms with van der Waals surface area (Å²) in [6, 6.07) is 4.99. The Bertz CT molecular complexity index is 345. The normalized spacial score (nSPS) is 10.3. The molecule has 0 radical (unpaired) electrons. The Labute approximate surface area is 83.8 Å². The van der Waals surface area contributed by atoms with Gasteiger partial charge in [-0.1, -0.05) is 19.9 Å². The van der Waals surface area contributed by atoms with Crippen LogP contribution in [0.15, 0.2) is 18.2 Å². The fourth-order valence-electron chi connectivity index (χ4n) is 1.32. The fraction of sp³-hybridized carbons (Fsp3) is 0.364. The minimum Gasteiger partial charge on any atom is -0.508 e. The molecule has 0 fully saturated rings. The monoisotopic (exact) mass is 193 g/mol. The number of amides is 1. The summed E-state index contributed by atoms with van der Waals surface area (Å²) in [5, 5.41) is 12.1. The summed E-state index contributed by atoms with van der Waals surface area (Å²) in [4.78, 5) is 11.2. The third-order valence-corrected chi connectivity index (χ3v) is 2.14. The number of phenols is 1. The van der Waals surface area contributed by atoms with Crippen LogP contribution in [0, 0.1) is 0 Å². The van der Waals surface area contributed by atoms with Crippen LogP contribution in [0.5, 0.6) is 5.75 Å². The van der Waals surface area contributed by atoms with Gasteiger partial charge in [0.1, 0.15) is 5.75 Å². The molecule has 0 saturated carbocycles. The van der Waals surface area contributed by atoms with E-state index in [1.807, 2.05) is 13.8 Å². The number of carbonyl (C=O) groups excluding carboxylic acids is 1. The summed E-state index contributed by atoms with van der Waals surface area (Å²) in [5.74, 6) is 0.255. The van der Waals surface area contributed by atoms with Crippen molar-refractivity contribution in [2.45, 2.75) is 19.8 Å². The maximum atomic E-state index is 11.2.